The molecule has 1 aliphatic heterocycles. The van der Waals surface area contributed by atoms with Gasteiger partial charge in [0.15, 0.2) is 11.2 Å². The number of carboxylic acid groups (broad SMARTS) is 1. The molecule has 104 valence electrons. The van der Waals surface area contributed by atoms with Gasteiger partial charge in [-0.2, -0.15) is 5.10 Å². The SMILES string of the molecule is CCCn1ncnc1CC1(C(=O)O)COCCC1=O. The van der Waals surface area contributed by atoms with Crippen molar-refractivity contribution in [1.29, 1.82) is 0 Å². The van der Waals surface area contributed by atoms with Gasteiger partial charge >= 0.3 is 5.97 Å². The molecule has 0 aromatic carbocycles. The van der Waals surface area contributed by atoms with Crippen LogP contribution < -0.4 is 0 Å². The van der Waals surface area contributed by atoms with Gasteiger partial charge in [0.2, 0.25) is 0 Å². The lowest BCUT2D eigenvalue weighted by atomic mass is 9.78. The van der Waals surface area contributed by atoms with E-state index in [-0.39, 0.29) is 31.8 Å². The Balaban J connectivity index is 2.28. The maximum atomic E-state index is 12.0. The van der Waals surface area contributed by atoms with Crippen LogP contribution >= 0.6 is 0 Å². The Hall–Kier alpha value is -1.76. The van der Waals surface area contributed by atoms with E-state index in [9.17, 15) is 14.7 Å². The minimum atomic E-state index is -1.52. The summed E-state index contributed by atoms with van der Waals surface area (Å²) in [6, 6.07) is 0. The molecule has 0 amide bonds. The Bertz CT molecular complexity index is 485. The predicted molar refractivity (Wildman–Crippen MR) is 64.5 cm³/mol. The number of aromatic nitrogens is 3. The van der Waals surface area contributed by atoms with Crippen molar-refractivity contribution in [2.24, 2.45) is 5.41 Å². The second-order valence-electron chi connectivity index (χ2n) is 4.69. The zero-order valence-corrected chi connectivity index (χ0v) is 10.8. The molecule has 19 heavy (non-hydrogen) atoms. The zero-order valence-electron chi connectivity index (χ0n) is 10.8. The van der Waals surface area contributed by atoms with Gasteiger partial charge in [-0.05, 0) is 6.42 Å². The van der Waals surface area contributed by atoms with Gasteiger partial charge in [-0.15, -0.1) is 0 Å². The van der Waals surface area contributed by atoms with E-state index >= 15 is 0 Å². The second-order valence-corrected chi connectivity index (χ2v) is 4.69. The lowest BCUT2D eigenvalue weighted by Gasteiger charge is -2.31. The fourth-order valence-corrected chi connectivity index (χ4v) is 2.23. The van der Waals surface area contributed by atoms with E-state index in [2.05, 4.69) is 10.1 Å². The Morgan fingerprint density at radius 1 is 1.63 bits per heavy atom. The summed E-state index contributed by atoms with van der Waals surface area (Å²) in [7, 11) is 0. The van der Waals surface area contributed by atoms with Crippen LogP contribution in [-0.4, -0.2) is 44.8 Å². The minimum Gasteiger partial charge on any atom is -0.480 e. The number of ether oxygens (including phenoxy) is 1. The average molecular weight is 267 g/mol. The molecule has 1 saturated heterocycles. The van der Waals surface area contributed by atoms with Crippen molar-refractivity contribution < 1.29 is 19.4 Å². The van der Waals surface area contributed by atoms with Crippen molar-refractivity contribution >= 4 is 11.8 Å². The lowest BCUT2D eigenvalue weighted by molar-refractivity contribution is -0.164. The van der Waals surface area contributed by atoms with Crippen molar-refractivity contribution in [3.63, 3.8) is 0 Å². The van der Waals surface area contributed by atoms with Gasteiger partial charge < -0.3 is 9.84 Å². The van der Waals surface area contributed by atoms with Crippen LogP contribution in [0.1, 0.15) is 25.6 Å². The summed E-state index contributed by atoms with van der Waals surface area (Å²) in [5.74, 6) is -0.927. The molecule has 0 aliphatic carbocycles. The van der Waals surface area contributed by atoms with E-state index in [0.717, 1.165) is 6.42 Å². The first kappa shape index (κ1) is 13.7. The first-order chi connectivity index (χ1) is 9.10. The number of carboxylic acids is 1. The van der Waals surface area contributed by atoms with Crippen LogP contribution in [0.15, 0.2) is 6.33 Å². The fraction of sp³-hybridized carbons (Fsp3) is 0.667. The van der Waals surface area contributed by atoms with E-state index in [1.54, 1.807) is 4.68 Å². The molecular formula is C12H17N3O4. The molecule has 1 N–H and O–H groups in total. The Morgan fingerprint density at radius 2 is 2.42 bits per heavy atom. The summed E-state index contributed by atoms with van der Waals surface area (Å²) in [6.45, 7) is 2.84. The number of carbonyl (C=O) groups excluding carboxylic acids is 1. The highest BCUT2D eigenvalue weighted by atomic mass is 16.5. The standard InChI is InChI=1S/C12H17N3O4/c1-2-4-15-10(13-8-14-15)6-12(11(17)18)7-19-5-3-9(12)16/h8H,2-7H2,1H3,(H,17,18). The zero-order chi connectivity index (χ0) is 13.9. The lowest BCUT2D eigenvalue weighted by Crippen LogP contribution is -2.49. The molecule has 7 heteroatoms. The first-order valence-corrected chi connectivity index (χ1v) is 6.31. The molecule has 1 aromatic heterocycles. The first-order valence-electron chi connectivity index (χ1n) is 6.31. The molecule has 0 radical (unpaired) electrons. The fourth-order valence-electron chi connectivity index (χ4n) is 2.23. The molecule has 0 spiro atoms. The number of hydrogen-bond donors (Lipinski definition) is 1. The molecule has 1 atom stereocenters. The number of aliphatic carboxylic acids is 1. The minimum absolute atomic E-state index is 0.0289. The summed E-state index contributed by atoms with van der Waals surface area (Å²) in [5, 5.41) is 13.5. The van der Waals surface area contributed by atoms with E-state index in [0.29, 0.717) is 12.4 Å². The summed E-state index contributed by atoms with van der Waals surface area (Å²) in [4.78, 5) is 27.6. The molecular weight excluding hydrogens is 250 g/mol. The average Bonchev–Trinajstić information content (AvgIpc) is 2.80. The highest BCUT2D eigenvalue weighted by Crippen LogP contribution is 2.29. The van der Waals surface area contributed by atoms with E-state index in [4.69, 9.17) is 4.74 Å². The summed E-state index contributed by atoms with van der Waals surface area (Å²) >= 11 is 0. The van der Waals surface area contributed by atoms with E-state index in [1.165, 1.54) is 6.33 Å². The maximum Gasteiger partial charge on any atom is 0.320 e. The van der Waals surface area contributed by atoms with Crippen LogP contribution in [0.4, 0.5) is 0 Å². The smallest absolute Gasteiger partial charge is 0.320 e. The normalized spacial score (nSPS) is 23.5. The number of carbonyl (C=O) groups is 2. The number of nitrogens with zero attached hydrogens (tertiary/aromatic N) is 3. The number of rotatable bonds is 5. The van der Waals surface area contributed by atoms with Gasteiger partial charge in [-0.1, -0.05) is 6.92 Å². The third kappa shape index (κ3) is 2.51. The molecule has 1 unspecified atom stereocenters. The van der Waals surface area contributed by atoms with Crippen LogP contribution in [-0.2, 0) is 27.3 Å². The van der Waals surface area contributed by atoms with Gasteiger partial charge in [0.1, 0.15) is 12.2 Å². The van der Waals surface area contributed by atoms with Crippen LogP contribution in [0, 0.1) is 5.41 Å². The van der Waals surface area contributed by atoms with Gasteiger partial charge in [0.25, 0.3) is 0 Å². The Labute approximate surface area is 110 Å². The third-order valence-corrected chi connectivity index (χ3v) is 3.36. The van der Waals surface area contributed by atoms with Crippen molar-refractivity contribution in [3.05, 3.63) is 12.2 Å². The van der Waals surface area contributed by atoms with Crippen molar-refractivity contribution in [1.82, 2.24) is 14.8 Å². The summed E-state index contributed by atoms with van der Waals surface area (Å²) in [6.07, 6.45) is 2.41. The largest absolute Gasteiger partial charge is 0.480 e. The van der Waals surface area contributed by atoms with E-state index < -0.39 is 11.4 Å². The molecule has 1 aliphatic rings. The van der Waals surface area contributed by atoms with Crippen molar-refractivity contribution in [3.8, 4) is 0 Å². The topological polar surface area (TPSA) is 94.3 Å². The quantitative estimate of drug-likeness (QED) is 0.771. The van der Waals surface area contributed by atoms with Crippen LogP contribution in [0.5, 0.6) is 0 Å². The van der Waals surface area contributed by atoms with Gasteiger partial charge in [0, 0.05) is 19.4 Å². The molecule has 2 rings (SSSR count). The Morgan fingerprint density at radius 3 is 3.05 bits per heavy atom. The Kier molecular flexibility index (Phi) is 3.94. The molecule has 1 fully saturated rings. The summed E-state index contributed by atoms with van der Waals surface area (Å²) < 4.78 is 6.85. The molecule has 7 nitrogen and oxygen atoms in total. The number of Topliss-reactive ketones (excluding diaryl/α,β-unsaturated/α-hetero) is 1. The predicted octanol–water partition coefficient (Wildman–Crippen LogP) is 0.291. The van der Waals surface area contributed by atoms with Crippen molar-refractivity contribution in [2.45, 2.75) is 32.7 Å². The monoisotopic (exact) mass is 267 g/mol. The van der Waals surface area contributed by atoms with Gasteiger partial charge in [0.05, 0.1) is 13.2 Å². The third-order valence-electron chi connectivity index (χ3n) is 3.36. The van der Waals surface area contributed by atoms with Gasteiger partial charge in [-0.25, -0.2) is 4.98 Å². The highest BCUT2D eigenvalue weighted by molar-refractivity contribution is 6.03. The molecule has 2 heterocycles. The molecule has 0 bridgehead atoms. The number of aryl methyl sites for hydroxylation is 1. The van der Waals surface area contributed by atoms with Gasteiger partial charge in [-0.3, -0.25) is 14.3 Å². The van der Waals surface area contributed by atoms with Crippen LogP contribution in [0.2, 0.25) is 0 Å². The maximum absolute atomic E-state index is 12.0. The highest BCUT2D eigenvalue weighted by Gasteiger charge is 2.49. The molecule has 0 saturated carbocycles. The van der Waals surface area contributed by atoms with Crippen molar-refractivity contribution in [2.75, 3.05) is 13.2 Å². The second kappa shape index (κ2) is 5.48. The number of ketones is 1. The van der Waals surface area contributed by atoms with Crippen LogP contribution in [0.3, 0.4) is 0 Å². The number of hydrogen-bond acceptors (Lipinski definition) is 5. The van der Waals surface area contributed by atoms with Crippen LogP contribution in [0.25, 0.3) is 0 Å². The summed E-state index contributed by atoms with van der Waals surface area (Å²) in [5.41, 5.74) is -1.52. The van der Waals surface area contributed by atoms with E-state index in [1.807, 2.05) is 6.92 Å². The molecule has 1 aromatic rings.